The van der Waals surface area contributed by atoms with Gasteiger partial charge in [0.25, 0.3) is 17.1 Å². The van der Waals surface area contributed by atoms with Crippen molar-refractivity contribution in [3.05, 3.63) is 57.7 Å². The second-order valence-electron chi connectivity index (χ2n) is 4.74. The van der Waals surface area contributed by atoms with Gasteiger partial charge in [0.05, 0.1) is 4.91 Å². The van der Waals surface area contributed by atoms with Crippen molar-refractivity contribution in [2.75, 3.05) is 5.32 Å². The number of rotatable bonds is 4. The van der Waals surface area contributed by atoms with Gasteiger partial charge in [-0.3, -0.25) is 25.0 Å². The summed E-state index contributed by atoms with van der Waals surface area (Å²) in [5.74, 6) is -1.45. The molecular weight excluding hydrogens is 353 g/mol. The number of nitrogens with zero attached hydrogens (tertiary/aromatic N) is 1. The largest absolute Gasteiger partial charge is 0.298 e. The predicted molar refractivity (Wildman–Crippen MR) is 89.2 cm³/mol. The van der Waals surface area contributed by atoms with E-state index < -0.39 is 17.1 Å². The number of nitrogens with one attached hydrogen (secondary N) is 2. The maximum absolute atomic E-state index is 13.6. The zero-order valence-corrected chi connectivity index (χ0v) is 13.7. The fourth-order valence-corrected chi connectivity index (χ4v) is 3.45. The molecule has 9 heteroatoms. The number of anilines is 1. The van der Waals surface area contributed by atoms with Gasteiger partial charge in [-0.25, -0.2) is 9.37 Å². The summed E-state index contributed by atoms with van der Waals surface area (Å²) in [5, 5.41) is 4.40. The molecule has 2 aromatic rings. The lowest BCUT2D eigenvalue weighted by Crippen LogP contribution is -2.18. The summed E-state index contributed by atoms with van der Waals surface area (Å²) in [7, 11) is 0. The summed E-state index contributed by atoms with van der Waals surface area (Å²) in [6.45, 7) is 0. The van der Waals surface area contributed by atoms with Crippen LogP contribution in [0.2, 0.25) is 0 Å². The zero-order valence-electron chi connectivity index (χ0n) is 12.0. The summed E-state index contributed by atoms with van der Waals surface area (Å²) in [6, 6.07) is 6.44. The Morgan fingerprint density at radius 3 is 2.83 bits per heavy atom. The average Bonchev–Trinajstić information content (AvgIpc) is 3.08. The second-order valence-corrected chi connectivity index (χ2v) is 6.87. The molecular formula is C15H10FN3O3S2. The number of imide groups is 1. The van der Waals surface area contributed by atoms with Crippen molar-refractivity contribution in [1.82, 2.24) is 10.3 Å². The van der Waals surface area contributed by atoms with Crippen LogP contribution >= 0.6 is 23.1 Å². The van der Waals surface area contributed by atoms with Crippen LogP contribution in [0.1, 0.15) is 10.4 Å². The van der Waals surface area contributed by atoms with E-state index in [0.29, 0.717) is 28.9 Å². The molecule has 3 amide bonds. The number of thioether (sulfide) groups is 1. The Bertz CT molecular complexity index is 863. The highest BCUT2D eigenvalue weighted by atomic mass is 32.2. The maximum Gasteiger partial charge on any atom is 0.290 e. The third kappa shape index (κ3) is 3.87. The molecule has 1 aromatic carbocycles. The second kappa shape index (κ2) is 6.93. The quantitative estimate of drug-likeness (QED) is 0.816. The van der Waals surface area contributed by atoms with Crippen LogP contribution in [0.4, 0.5) is 14.3 Å². The molecule has 0 aliphatic carbocycles. The SMILES string of the molecule is O=C(C=C1SC(=O)NC1=O)Nc1ncc(Cc2ccccc2F)s1. The minimum absolute atomic E-state index is 0.0284. The highest BCUT2D eigenvalue weighted by molar-refractivity contribution is 8.18. The first-order valence-electron chi connectivity index (χ1n) is 6.75. The van der Waals surface area contributed by atoms with Crippen LogP contribution in [-0.2, 0) is 16.0 Å². The van der Waals surface area contributed by atoms with Crippen molar-refractivity contribution in [3.63, 3.8) is 0 Å². The molecule has 1 aliphatic rings. The molecule has 1 aliphatic heterocycles. The van der Waals surface area contributed by atoms with E-state index in [1.807, 2.05) is 0 Å². The first kappa shape index (κ1) is 16.3. The summed E-state index contributed by atoms with van der Waals surface area (Å²) < 4.78 is 13.6. The van der Waals surface area contributed by atoms with E-state index in [1.165, 1.54) is 17.4 Å². The first-order valence-corrected chi connectivity index (χ1v) is 8.38. The van der Waals surface area contributed by atoms with Gasteiger partial charge in [-0.15, -0.1) is 11.3 Å². The highest BCUT2D eigenvalue weighted by Crippen LogP contribution is 2.24. The summed E-state index contributed by atoms with van der Waals surface area (Å²) in [4.78, 5) is 39.1. The van der Waals surface area contributed by atoms with Crippen LogP contribution in [0, 0.1) is 5.82 Å². The van der Waals surface area contributed by atoms with Gasteiger partial charge < -0.3 is 0 Å². The van der Waals surface area contributed by atoms with Gasteiger partial charge in [-0.2, -0.15) is 0 Å². The first-order chi connectivity index (χ1) is 11.5. The molecule has 0 unspecified atom stereocenters. The van der Waals surface area contributed by atoms with Crippen molar-refractivity contribution in [2.45, 2.75) is 6.42 Å². The lowest BCUT2D eigenvalue weighted by Gasteiger charge is -1.99. The number of halogens is 1. The number of aromatic nitrogens is 1. The molecule has 0 radical (unpaired) electrons. The number of thiazole rings is 1. The van der Waals surface area contributed by atoms with Crippen molar-refractivity contribution < 1.29 is 18.8 Å². The molecule has 24 heavy (non-hydrogen) atoms. The summed E-state index contributed by atoms with van der Waals surface area (Å²) in [6.07, 6.45) is 2.97. The minimum atomic E-state index is -0.598. The number of amides is 3. The van der Waals surface area contributed by atoms with Crippen molar-refractivity contribution >= 4 is 45.3 Å². The number of hydrogen-bond donors (Lipinski definition) is 2. The van der Waals surface area contributed by atoms with E-state index in [0.717, 1.165) is 11.0 Å². The maximum atomic E-state index is 13.6. The van der Waals surface area contributed by atoms with Gasteiger partial charge in [-0.1, -0.05) is 18.2 Å². The van der Waals surface area contributed by atoms with Crippen LogP contribution < -0.4 is 10.6 Å². The van der Waals surface area contributed by atoms with Crippen LogP contribution in [0.5, 0.6) is 0 Å². The highest BCUT2D eigenvalue weighted by Gasteiger charge is 2.26. The zero-order chi connectivity index (χ0) is 17.1. The van der Waals surface area contributed by atoms with Crippen LogP contribution in [0.3, 0.4) is 0 Å². The normalized spacial score (nSPS) is 15.6. The minimum Gasteiger partial charge on any atom is -0.298 e. The molecule has 2 N–H and O–H groups in total. The smallest absolute Gasteiger partial charge is 0.290 e. The fourth-order valence-electron chi connectivity index (χ4n) is 1.96. The Morgan fingerprint density at radius 2 is 2.12 bits per heavy atom. The molecule has 1 fully saturated rings. The molecule has 0 atom stereocenters. The van der Waals surface area contributed by atoms with Crippen LogP contribution in [-0.4, -0.2) is 22.0 Å². The standard InChI is InChI=1S/C15H10FN3O3S2/c16-10-4-2-1-3-8(10)5-9-7-17-14(23-9)18-12(20)6-11-13(21)19-15(22)24-11/h1-4,6-7H,5H2,(H,17,18,20)(H,19,21,22). The monoisotopic (exact) mass is 363 g/mol. The van der Waals surface area contributed by atoms with Gasteiger partial charge in [0, 0.05) is 23.6 Å². The van der Waals surface area contributed by atoms with E-state index in [9.17, 15) is 18.8 Å². The van der Waals surface area contributed by atoms with Gasteiger partial charge in [-0.05, 0) is 23.4 Å². The Hall–Kier alpha value is -2.52. The third-order valence-corrected chi connectivity index (χ3v) is 4.73. The average molecular weight is 363 g/mol. The molecule has 3 rings (SSSR count). The lowest BCUT2D eigenvalue weighted by molar-refractivity contribution is -0.116. The number of benzene rings is 1. The Kier molecular flexibility index (Phi) is 4.72. The molecule has 2 heterocycles. The molecule has 122 valence electrons. The Morgan fingerprint density at radius 1 is 1.33 bits per heavy atom. The van der Waals surface area contributed by atoms with Crippen LogP contribution in [0.15, 0.2) is 41.4 Å². The molecule has 1 aromatic heterocycles. The fraction of sp³-hybridized carbons (Fsp3) is 0.0667. The van der Waals surface area contributed by atoms with Gasteiger partial charge in [0.2, 0.25) is 0 Å². The molecule has 6 nitrogen and oxygen atoms in total. The number of carbonyl (C=O) groups excluding carboxylic acids is 3. The van der Waals surface area contributed by atoms with E-state index in [2.05, 4.69) is 15.6 Å². The van der Waals surface area contributed by atoms with Gasteiger partial charge in [0.1, 0.15) is 5.82 Å². The summed E-state index contributed by atoms with van der Waals surface area (Å²) in [5.41, 5.74) is 0.540. The Balaban J connectivity index is 1.65. The predicted octanol–water partition coefficient (Wildman–Crippen LogP) is 2.68. The van der Waals surface area contributed by atoms with E-state index in [4.69, 9.17) is 0 Å². The molecule has 0 saturated carbocycles. The van der Waals surface area contributed by atoms with Crippen molar-refractivity contribution in [1.29, 1.82) is 0 Å². The third-order valence-electron chi connectivity index (χ3n) is 3.01. The Labute approximate surface area is 144 Å². The topological polar surface area (TPSA) is 88.2 Å². The van der Waals surface area contributed by atoms with Gasteiger partial charge in [0.15, 0.2) is 5.13 Å². The van der Waals surface area contributed by atoms with Crippen LogP contribution in [0.25, 0.3) is 0 Å². The molecule has 0 spiro atoms. The van der Waals surface area contributed by atoms with E-state index >= 15 is 0 Å². The van der Waals surface area contributed by atoms with Crippen molar-refractivity contribution in [3.8, 4) is 0 Å². The lowest BCUT2D eigenvalue weighted by atomic mass is 10.1. The van der Waals surface area contributed by atoms with E-state index in [-0.39, 0.29) is 10.7 Å². The number of hydrogen-bond acceptors (Lipinski definition) is 6. The van der Waals surface area contributed by atoms with E-state index in [1.54, 1.807) is 24.4 Å². The molecule has 1 saturated heterocycles. The van der Waals surface area contributed by atoms with Gasteiger partial charge >= 0.3 is 0 Å². The summed E-state index contributed by atoms with van der Waals surface area (Å²) >= 11 is 1.87. The van der Waals surface area contributed by atoms with Crippen molar-refractivity contribution in [2.24, 2.45) is 0 Å². The number of carbonyl (C=O) groups is 3. The molecule has 0 bridgehead atoms.